The van der Waals surface area contributed by atoms with Gasteiger partial charge in [0.2, 0.25) is 0 Å². The Balaban J connectivity index is 1.77. The Hall–Kier alpha value is -1.19. The van der Waals surface area contributed by atoms with E-state index in [1.165, 1.54) is 23.4 Å². The van der Waals surface area contributed by atoms with Gasteiger partial charge in [-0.05, 0) is 37.7 Å². The van der Waals surface area contributed by atoms with Crippen LogP contribution >= 0.6 is 11.3 Å². The second-order valence-corrected chi connectivity index (χ2v) is 6.72. The predicted octanol–water partition coefficient (Wildman–Crippen LogP) is 3.59. The molecule has 1 atom stereocenters. The van der Waals surface area contributed by atoms with Gasteiger partial charge in [-0.25, -0.2) is 4.98 Å². The first kappa shape index (κ1) is 11.6. The van der Waals surface area contributed by atoms with Crippen molar-refractivity contribution in [3.63, 3.8) is 0 Å². The minimum Gasteiger partial charge on any atom is -0.388 e. The van der Waals surface area contributed by atoms with E-state index >= 15 is 0 Å². The lowest BCUT2D eigenvalue weighted by Crippen LogP contribution is -2.08. The van der Waals surface area contributed by atoms with E-state index < -0.39 is 0 Å². The van der Waals surface area contributed by atoms with Gasteiger partial charge in [0.15, 0.2) is 0 Å². The fourth-order valence-electron chi connectivity index (χ4n) is 3.11. The molecule has 1 N–H and O–H groups in total. The third-order valence-electron chi connectivity index (χ3n) is 4.41. The zero-order valence-electron chi connectivity index (χ0n) is 10.8. The van der Waals surface area contributed by atoms with Gasteiger partial charge < -0.3 is 5.11 Å². The van der Waals surface area contributed by atoms with Gasteiger partial charge in [-0.2, -0.15) is 0 Å². The number of aryl methyl sites for hydroxylation is 1. The van der Waals surface area contributed by atoms with E-state index in [4.69, 9.17) is 4.98 Å². The lowest BCUT2D eigenvalue weighted by molar-refractivity contribution is 0.160. The predicted molar refractivity (Wildman–Crippen MR) is 76.5 cm³/mol. The van der Waals surface area contributed by atoms with Crippen LogP contribution in [0.4, 0.5) is 0 Å². The highest BCUT2D eigenvalue weighted by Crippen LogP contribution is 2.55. The van der Waals surface area contributed by atoms with Crippen molar-refractivity contribution < 1.29 is 5.11 Å². The van der Waals surface area contributed by atoms with E-state index in [9.17, 15) is 5.11 Å². The number of aliphatic hydroxyl groups is 1. The number of hydrogen-bond donors (Lipinski definition) is 1. The Bertz CT molecular complexity index is 600. The van der Waals surface area contributed by atoms with Gasteiger partial charge in [0.25, 0.3) is 0 Å². The molecule has 2 aliphatic carbocycles. The summed E-state index contributed by atoms with van der Waals surface area (Å²) in [5, 5.41) is 11.3. The van der Waals surface area contributed by atoms with Crippen molar-refractivity contribution >= 4 is 11.3 Å². The Morgan fingerprint density at radius 3 is 2.68 bits per heavy atom. The van der Waals surface area contributed by atoms with Crippen LogP contribution in [0.3, 0.4) is 0 Å². The van der Waals surface area contributed by atoms with E-state index in [2.05, 4.69) is 30.3 Å². The molecule has 1 heterocycles. The van der Waals surface area contributed by atoms with Crippen molar-refractivity contribution in [3.05, 3.63) is 51.5 Å². The quantitative estimate of drug-likeness (QED) is 0.905. The topological polar surface area (TPSA) is 33.1 Å². The average Bonchev–Trinajstić information content (AvgIpc) is 3.14. The van der Waals surface area contributed by atoms with Gasteiger partial charge in [0.05, 0.1) is 16.7 Å². The SMILES string of the molecule is OC1CCCc2nc(C3(c4ccccc4)CC3)sc21. The molecule has 1 unspecified atom stereocenters. The molecule has 2 aliphatic rings. The fourth-order valence-corrected chi connectivity index (χ4v) is 4.51. The van der Waals surface area contributed by atoms with Gasteiger partial charge in [-0.3, -0.25) is 0 Å². The summed E-state index contributed by atoms with van der Waals surface area (Å²) >= 11 is 1.75. The van der Waals surface area contributed by atoms with Crippen LogP contribution in [-0.2, 0) is 11.8 Å². The third kappa shape index (κ3) is 1.76. The molecule has 0 saturated heterocycles. The monoisotopic (exact) mass is 271 g/mol. The molecule has 1 aromatic carbocycles. The minimum absolute atomic E-state index is 0.156. The van der Waals surface area contributed by atoms with Crippen LogP contribution in [0.1, 0.15) is 52.9 Å². The van der Waals surface area contributed by atoms with Gasteiger partial charge >= 0.3 is 0 Å². The summed E-state index contributed by atoms with van der Waals surface area (Å²) in [6.45, 7) is 0. The molecule has 1 aromatic heterocycles. The van der Waals surface area contributed by atoms with Crippen molar-refractivity contribution in [2.45, 2.75) is 43.6 Å². The molecule has 1 fully saturated rings. The zero-order valence-corrected chi connectivity index (χ0v) is 11.6. The molecule has 4 rings (SSSR count). The summed E-state index contributed by atoms with van der Waals surface area (Å²) in [7, 11) is 0. The first-order valence-electron chi connectivity index (χ1n) is 7.03. The van der Waals surface area contributed by atoms with E-state index in [0.717, 1.165) is 29.8 Å². The number of nitrogens with zero attached hydrogens (tertiary/aromatic N) is 1. The Morgan fingerprint density at radius 1 is 1.21 bits per heavy atom. The largest absolute Gasteiger partial charge is 0.388 e. The van der Waals surface area contributed by atoms with Crippen LogP contribution < -0.4 is 0 Å². The minimum atomic E-state index is -0.276. The highest BCUT2D eigenvalue weighted by atomic mass is 32.1. The maximum atomic E-state index is 10.1. The maximum Gasteiger partial charge on any atom is 0.104 e. The Labute approximate surface area is 117 Å². The summed E-state index contributed by atoms with van der Waals surface area (Å²) in [6.07, 6.45) is 5.11. The Morgan fingerprint density at radius 2 is 2.00 bits per heavy atom. The summed E-state index contributed by atoms with van der Waals surface area (Å²) in [5.41, 5.74) is 2.69. The third-order valence-corrected chi connectivity index (χ3v) is 5.81. The number of hydrogen-bond acceptors (Lipinski definition) is 3. The van der Waals surface area contributed by atoms with Crippen molar-refractivity contribution in [2.24, 2.45) is 0 Å². The van der Waals surface area contributed by atoms with Gasteiger partial charge in [0, 0.05) is 5.41 Å². The molecule has 0 amide bonds. The van der Waals surface area contributed by atoms with Crippen LogP contribution in [-0.4, -0.2) is 10.1 Å². The van der Waals surface area contributed by atoms with E-state index in [0.29, 0.717) is 0 Å². The standard InChI is InChI=1S/C16H17NOS/c18-13-8-4-7-12-14(13)19-15(17-12)16(9-10-16)11-5-2-1-3-6-11/h1-3,5-6,13,18H,4,7-10H2. The molecule has 3 heteroatoms. The molecule has 0 radical (unpaired) electrons. The lowest BCUT2D eigenvalue weighted by atomic mass is 9.96. The molecule has 0 bridgehead atoms. The fraction of sp³-hybridized carbons (Fsp3) is 0.438. The van der Waals surface area contributed by atoms with Crippen molar-refractivity contribution in [1.29, 1.82) is 0 Å². The Kier molecular flexibility index (Phi) is 2.54. The average molecular weight is 271 g/mol. The molecular weight excluding hydrogens is 254 g/mol. The molecule has 2 aromatic rings. The zero-order chi connectivity index (χ0) is 12.9. The lowest BCUT2D eigenvalue weighted by Gasteiger charge is -2.14. The van der Waals surface area contributed by atoms with E-state index in [1.807, 2.05) is 0 Å². The van der Waals surface area contributed by atoms with Crippen LogP contribution in [0.25, 0.3) is 0 Å². The maximum absolute atomic E-state index is 10.1. The van der Waals surface area contributed by atoms with E-state index in [-0.39, 0.29) is 11.5 Å². The molecule has 0 aliphatic heterocycles. The van der Waals surface area contributed by atoms with Gasteiger partial charge in [-0.1, -0.05) is 30.3 Å². The normalized spacial score (nSPS) is 23.9. The molecule has 98 valence electrons. The number of rotatable bonds is 2. The van der Waals surface area contributed by atoms with Crippen molar-refractivity contribution in [3.8, 4) is 0 Å². The summed E-state index contributed by atoms with van der Waals surface area (Å²) in [4.78, 5) is 6.00. The van der Waals surface area contributed by atoms with Crippen LogP contribution in [0, 0.1) is 0 Å². The summed E-state index contributed by atoms with van der Waals surface area (Å²) in [6, 6.07) is 10.7. The van der Waals surface area contributed by atoms with E-state index in [1.54, 1.807) is 11.3 Å². The number of benzene rings is 1. The summed E-state index contributed by atoms with van der Waals surface area (Å²) < 4.78 is 0. The van der Waals surface area contributed by atoms with Gasteiger partial charge in [0.1, 0.15) is 5.01 Å². The highest BCUT2D eigenvalue weighted by Gasteiger charge is 2.49. The number of fused-ring (bicyclic) bond motifs is 1. The second kappa shape index (κ2) is 4.15. The molecular formula is C16H17NOS. The summed E-state index contributed by atoms with van der Waals surface area (Å²) in [5.74, 6) is 0. The number of thiazole rings is 1. The van der Waals surface area contributed by atoms with Crippen molar-refractivity contribution in [2.75, 3.05) is 0 Å². The molecule has 1 saturated carbocycles. The first-order chi connectivity index (χ1) is 9.29. The van der Waals surface area contributed by atoms with Gasteiger partial charge in [-0.15, -0.1) is 11.3 Å². The second-order valence-electron chi connectivity index (χ2n) is 5.69. The molecule has 19 heavy (non-hydrogen) atoms. The first-order valence-corrected chi connectivity index (χ1v) is 7.85. The van der Waals surface area contributed by atoms with Crippen LogP contribution in [0.2, 0.25) is 0 Å². The molecule has 0 spiro atoms. The molecule has 2 nitrogen and oxygen atoms in total. The van der Waals surface area contributed by atoms with Crippen LogP contribution in [0.5, 0.6) is 0 Å². The highest BCUT2D eigenvalue weighted by molar-refractivity contribution is 7.12. The van der Waals surface area contributed by atoms with Crippen molar-refractivity contribution in [1.82, 2.24) is 4.98 Å². The number of aliphatic hydroxyl groups excluding tert-OH is 1. The number of aromatic nitrogens is 1. The smallest absolute Gasteiger partial charge is 0.104 e. The van der Waals surface area contributed by atoms with Crippen LogP contribution in [0.15, 0.2) is 30.3 Å².